The molecule has 0 aliphatic carbocycles. The molecule has 0 aliphatic rings. The quantitative estimate of drug-likeness (QED) is 0.588. The first-order valence-electron chi connectivity index (χ1n) is 7.47. The number of ether oxygens (including phenoxy) is 1. The molecular formula is C16H16BrCl2N4OS+. The molecule has 2 heterocycles. The molecule has 0 radical (unpaired) electrons. The van der Waals surface area contributed by atoms with Gasteiger partial charge in [-0.15, -0.1) is 5.10 Å². The van der Waals surface area contributed by atoms with E-state index in [9.17, 15) is 0 Å². The lowest BCUT2D eigenvalue weighted by Gasteiger charge is -2.16. The molecular weight excluding hydrogens is 447 g/mol. The summed E-state index contributed by atoms with van der Waals surface area (Å²) < 4.78 is 10.5. The predicted molar refractivity (Wildman–Crippen MR) is 105 cm³/mol. The number of hydrogen-bond acceptors (Lipinski definition) is 3. The zero-order chi connectivity index (χ0) is 18.1. The predicted octanol–water partition coefficient (Wildman–Crippen LogP) is 3.62. The minimum Gasteiger partial charge on any atom is -0.496 e. The third-order valence-corrected chi connectivity index (χ3v) is 5.14. The van der Waals surface area contributed by atoms with E-state index in [0.29, 0.717) is 27.1 Å². The van der Waals surface area contributed by atoms with E-state index in [1.54, 1.807) is 28.5 Å². The Balaban J connectivity index is 1.87. The second-order valence-electron chi connectivity index (χ2n) is 5.73. The summed E-state index contributed by atoms with van der Waals surface area (Å²) in [7, 11) is 3.74. The SMILES string of the molecule is COc1ccc(Br)cc1C[NH+](C)Cn1nc2c(Cl)cc(Cl)cn2c1=S. The fourth-order valence-electron chi connectivity index (χ4n) is 2.67. The molecule has 25 heavy (non-hydrogen) atoms. The second kappa shape index (κ2) is 7.63. The Kier molecular flexibility index (Phi) is 5.70. The van der Waals surface area contributed by atoms with E-state index in [1.165, 1.54) is 4.90 Å². The molecule has 132 valence electrons. The average molecular weight is 463 g/mol. The van der Waals surface area contributed by atoms with Crippen molar-refractivity contribution in [3.8, 4) is 5.75 Å². The van der Waals surface area contributed by atoms with E-state index in [4.69, 9.17) is 40.2 Å². The monoisotopic (exact) mass is 461 g/mol. The standard InChI is InChI=1S/C16H15BrCl2N4OS/c1-21(7-10-5-11(17)3-4-14(10)24-2)9-23-16(25)22-8-12(18)6-13(19)15(22)20-23/h3-6,8H,7,9H2,1-2H3/p+1. The molecule has 3 aromatic rings. The molecule has 0 aliphatic heterocycles. The summed E-state index contributed by atoms with van der Waals surface area (Å²) in [5.74, 6) is 0.857. The van der Waals surface area contributed by atoms with E-state index < -0.39 is 0 Å². The number of fused-ring (bicyclic) bond motifs is 1. The van der Waals surface area contributed by atoms with Crippen LogP contribution in [0.3, 0.4) is 0 Å². The second-order valence-corrected chi connectivity index (χ2v) is 7.85. The third-order valence-electron chi connectivity index (χ3n) is 3.76. The Labute approximate surface area is 168 Å². The third kappa shape index (κ3) is 4.01. The van der Waals surface area contributed by atoms with Crippen LogP contribution in [0.25, 0.3) is 5.65 Å². The van der Waals surface area contributed by atoms with Crippen LogP contribution in [0.15, 0.2) is 34.9 Å². The topological polar surface area (TPSA) is 35.9 Å². The van der Waals surface area contributed by atoms with Crippen LogP contribution in [0.4, 0.5) is 0 Å². The fourth-order valence-corrected chi connectivity index (χ4v) is 3.83. The average Bonchev–Trinajstić information content (AvgIpc) is 2.85. The van der Waals surface area contributed by atoms with Gasteiger partial charge < -0.3 is 9.64 Å². The van der Waals surface area contributed by atoms with Gasteiger partial charge in [0.05, 0.1) is 24.2 Å². The molecule has 1 atom stereocenters. The van der Waals surface area contributed by atoms with E-state index in [2.05, 4.69) is 34.1 Å². The van der Waals surface area contributed by atoms with Gasteiger partial charge in [-0.3, -0.25) is 4.40 Å². The van der Waals surface area contributed by atoms with Gasteiger partial charge in [0, 0.05) is 16.2 Å². The molecule has 5 nitrogen and oxygen atoms in total. The van der Waals surface area contributed by atoms with Crippen LogP contribution >= 0.6 is 51.3 Å². The van der Waals surface area contributed by atoms with Crippen LogP contribution in [0, 0.1) is 4.77 Å². The summed E-state index contributed by atoms with van der Waals surface area (Å²) in [6.07, 6.45) is 1.72. The van der Waals surface area contributed by atoms with E-state index in [0.717, 1.165) is 22.3 Å². The van der Waals surface area contributed by atoms with Crippen molar-refractivity contribution in [2.24, 2.45) is 0 Å². The Morgan fingerprint density at radius 3 is 2.80 bits per heavy atom. The van der Waals surface area contributed by atoms with E-state index in [-0.39, 0.29) is 0 Å². The van der Waals surface area contributed by atoms with Crippen molar-refractivity contribution in [3.63, 3.8) is 0 Å². The molecule has 2 aromatic heterocycles. The zero-order valence-electron chi connectivity index (χ0n) is 13.6. The molecule has 1 unspecified atom stereocenters. The summed E-state index contributed by atoms with van der Waals surface area (Å²) in [4.78, 5) is 1.19. The number of rotatable bonds is 5. The molecule has 0 saturated heterocycles. The van der Waals surface area contributed by atoms with Gasteiger partial charge in [-0.2, -0.15) is 4.68 Å². The maximum Gasteiger partial charge on any atom is 0.207 e. The highest BCUT2D eigenvalue weighted by molar-refractivity contribution is 9.10. The Morgan fingerprint density at radius 1 is 1.32 bits per heavy atom. The number of nitrogens with one attached hydrogen (secondary N) is 1. The Morgan fingerprint density at radius 2 is 2.08 bits per heavy atom. The van der Waals surface area contributed by atoms with Gasteiger partial charge in [0.25, 0.3) is 0 Å². The maximum atomic E-state index is 6.21. The number of halogens is 3. The number of pyridine rings is 1. The van der Waals surface area contributed by atoms with Gasteiger partial charge >= 0.3 is 0 Å². The molecule has 0 fully saturated rings. The minimum atomic E-state index is 0.476. The van der Waals surface area contributed by atoms with Gasteiger partial charge in [-0.25, -0.2) is 0 Å². The number of aromatic nitrogens is 3. The lowest BCUT2D eigenvalue weighted by atomic mass is 10.2. The van der Waals surface area contributed by atoms with Gasteiger partial charge in [0.2, 0.25) is 4.77 Å². The first-order valence-corrected chi connectivity index (χ1v) is 9.42. The van der Waals surface area contributed by atoms with Crippen molar-refractivity contribution in [2.75, 3.05) is 14.2 Å². The number of methoxy groups -OCH3 is 1. The van der Waals surface area contributed by atoms with Gasteiger partial charge in [0.1, 0.15) is 12.3 Å². The highest BCUT2D eigenvalue weighted by atomic mass is 79.9. The molecule has 0 spiro atoms. The van der Waals surface area contributed by atoms with Crippen molar-refractivity contribution in [1.29, 1.82) is 0 Å². The van der Waals surface area contributed by atoms with Crippen LogP contribution in [0.2, 0.25) is 10.0 Å². The number of hydrogen-bond donors (Lipinski definition) is 1. The van der Waals surface area contributed by atoms with Crippen molar-refractivity contribution in [2.45, 2.75) is 13.2 Å². The minimum absolute atomic E-state index is 0.476. The summed E-state index contributed by atoms with van der Waals surface area (Å²) in [5.41, 5.74) is 1.70. The van der Waals surface area contributed by atoms with Gasteiger partial charge in [0.15, 0.2) is 12.3 Å². The molecule has 1 N–H and O–H groups in total. The molecule has 0 bridgehead atoms. The first-order chi connectivity index (χ1) is 11.9. The summed E-state index contributed by atoms with van der Waals surface area (Å²) in [6, 6.07) is 7.63. The lowest BCUT2D eigenvalue weighted by Crippen LogP contribution is -3.07. The summed E-state index contributed by atoms with van der Waals surface area (Å²) in [5, 5.41) is 5.51. The van der Waals surface area contributed by atoms with Crippen LogP contribution in [0.5, 0.6) is 5.75 Å². The van der Waals surface area contributed by atoms with Crippen LogP contribution in [-0.4, -0.2) is 28.3 Å². The largest absolute Gasteiger partial charge is 0.496 e. The Hall–Kier alpha value is -1.12. The number of quaternary nitrogens is 1. The van der Waals surface area contributed by atoms with Gasteiger partial charge in [-0.05, 0) is 36.5 Å². The number of benzene rings is 1. The molecule has 1 aromatic carbocycles. The summed E-state index contributed by atoms with van der Waals surface area (Å²) >= 11 is 21.3. The van der Waals surface area contributed by atoms with Crippen molar-refractivity contribution >= 4 is 57.0 Å². The summed E-state index contributed by atoms with van der Waals surface area (Å²) in [6.45, 7) is 1.34. The number of nitrogens with zero attached hydrogens (tertiary/aromatic N) is 3. The Bertz CT molecular complexity index is 988. The molecule has 3 rings (SSSR count). The van der Waals surface area contributed by atoms with E-state index in [1.807, 2.05) is 12.1 Å². The van der Waals surface area contributed by atoms with E-state index >= 15 is 0 Å². The smallest absolute Gasteiger partial charge is 0.207 e. The first kappa shape index (κ1) is 18.7. The molecule has 0 saturated carbocycles. The van der Waals surface area contributed by atoms with Crippen molar-refractivity contribution in [1.82, 2.24) is 14.2 Å². The zero-order valence-corrected chi connectivity index (χ0v) is 17.5. The van der Waals surface area contributed by atoms with Crippen LogP contribution in [-0.2, 0) is 13.2 Å². The van der Waals surface area contributed by atoms with Gasteiger partial charge in [-0.1, -0.05) is 39.1 Å². The lowest BCUT2D eigenvalue weighted by molar-refractivity contribution is -0.917. The highest BCUT2D eigenvalue weighted by Crippen LogP contribution is 2.23. The van der Waals surface area contributed by atoms with Crippen LogP contribution in [0.1, 0.15) is 5.56 Å². The maximum absolute atomic E-state index is 6.21. The molecule has 9 heteroatoms. The van der Waals surface area contributed by atoms with Crippen molar-refractivity contribution < 1.29 is 9.64 Å². The normalized spacial score (nSPS) is 12.5. The highest BCUT2D eigenvalue weighted by Gasteiger charge is 2.14. The fraction of sp³-hybridized carbons (Fsp3) is 0.250. The van der Waals surface area contributed by atoms with Crippen LogP contribution < -0.4 is 9.64 Å². The molecule has 0 amide bonds. The van der Waals surface area contributed by atoms with Crippen molar-refractivity contribution in [3.05, 3.63) is 55.3 Å².